The van der Waals surface area contributed by atoms with Gasteiger partial charge in [0, 0.05) is 5.25 Å². The van der Waals surface area contributed by atoms with Crippen molar-refractivity contribution in [2.24, 2.45) is 17.8 Å². The third-order valence-corrected chi connectivity index (χ3v) is 7.88. The standard InChI is InChI=1S/C20H28FIS/c21-19-3-1-2-17(20(19)22)9-6-14-4-7-15(8-5-14)16-10-12-18(23)13-11-16/h1-3,14-16,18,23H,4-13H2. The fourth-order valence-electron chi connectivity index (χ4n) is 4.62. The summed E-state index contributed by atoms with van der Waals surface area (Å²) in [6.07, 6.45) is 13.4. The average Bonchev–Trinajstić information content (AvgIpc) is 2.57. The van der Waals surface area contributed by atoms with Crippen molar-refractivity contribution in [3.63, 3.8) is 0 Å². The van der Waals surface area contributed by atoms with E-state index in [9.17, 15) is 4.39 Å². The molecule has 0 amide bonds. The molecule has 0 N–H and O–H groups in total. The van der Waals surface area contributed by atoms with E-state index in [-0.39, 0.29) is 5.82 Å². The van der Waals surface area contributed by atoms with Crippen LogP contribution in [0.5, 0.6) is 0 Å². The summed E-state index contributed by atoms with van der Waals surface area (Å²) >= 11 is 6.78. The number of hydrogen-bond acceptors (Lipinski definition) is 1. The van der Waals surface area contributed by atoms with Crippen LogP contribution >= 0.6 is 35.2 Å². The maximum absolute atomic E-state index is 13.6. The van der Waals surface area contributed by atoms with Gasteiger partial charge in [-0.3, -0.25) is 0 Å². The molecule has 0 heterocycles. The highest BCUT2D eigenvalue weighted by Crippen LogP contribution is 2.41. The zero-order valence-corrected chi connectivity index (χ0v) is 16.9. The SMILES string of the molecule is Fc1cccc(CCC2CCC(C3CCC(S)CC3)CC2)c1I. The Morgan fingerprint density at radius 2 is 1.57 bits per heavy atom. The first-order chi connectivity index (χ1) is 11.1. The van der Waals surface area contributed by atoms with Crippen molar-refractivity contribution in [3.8, 4) is 0 Å². The number of thiol groups is 1. The molecule has 0 aromatic heterocycles. The van der Waals surface area contributed by atoms with Crippen molar-refractivity contribution in [1.29, 1.82) is 0 Å². The highest BCUT2D eigenvalue weighted by Gasteiger charge is 2.30. The summed E-state index contributed by atoms with van der Waals surface area (Å²) < 4.78 is 14.4. The Bertz CT molecular complexity index is 502. The predicted octanol–water partition coefficient (Wildman–Crippen LogP) is 6.66. The molecule has 23 heavy (non-hydrogen) atoms. The van der Waals surface area contributed by atoms with Crippen LogP contribution in [0.1, 0.15) is 63.4 Å². The highest BCUT2D eigenvalue weighted by molar-refractivity contribution is 14.1. The topological polar surface area (TPSA) is 0 Å². The summed E-state index contributed by atoms with van der Waals surface area (Å²) in [7, 11) is 0. The first-order valence-corrected chi connectivity index (χ1v) is 10.8. The fourth-order valence-corrected chi connectivity index (χ4v) is 5.55. The van der Waals surface area contributed by atoms with Gasteiger partial charge in [-0.1, -0.05) is 25.0 Å². The molecule has 2 aliphatic carbocycles. The highest BCUT2D eigenvalue weighted by atomic mass is 127. The normalized spacial score (nSPS) is 32.0. The van der Waals surface area contributed by atoms with Crippen molar-refractivity contribution >= 4 is 35.2 Å². The number of aryl methyl sites for hydroxylation is 1. The zero-order valence-electron chi connectivity index (χ0n) is 13.8. The molecule has 1 aromatic carbocycles. The van der Waals surface area contributed by atoms with Crippen LogP contribution in [0.15, 0.2) is 18.2 Å². The Hall–Kier alpha value is 0.230. The van der Waals surface area contributed by atoms with E-state index in [1.165, 1.54) is 63.4 Å². The van der Waals surface area contributed by atoms with Gasteiger partial charge in [-0.15, -0.1) is 0 Å². The quantitative estimate of drug-likeness (QED) is 0.388. The molecule has 0 spiro atoms. The van der Waals surface area contributed by atoms with Gasteiger partial charge in [0.15, 0.2) is 0 Å². The molecule has 0 saturated heterocycles. The lowest BCUT2D eigenvalue weighted by molar-refractivity contribution is 0.165. The third kappa shape index (κ3) is 4.87. The summed E-state index contributed by atoms with van der Waals surface area (Å²) in [6, 6.07) is 5.50. The van der Waals surface area contributed by atoms with Crippen LogP contribution in [0.2, 0.25) is 0 Å². The lowest BCUT2D eigenvalue weighted by Gasteiger charge is -2.37. The summed E-state index contributed by atoms with van der Waals surface area (Å²) in [5.41, 5.74) is 1.19. The first kappa shape index (κ1) is 18.0. The molecule has 0 radical (unpaired) electrons. The molecule has 0 atom stereocenters. The van der Waals surface area contributed by atoms with E-state index in [1.54, 1.807) is 6.07 Å². The minimum Gasteiger partial charge on any atom is -0.206 e. The van der Waals surface area contributed by atoms with Gasteiger partial charge in [0.1, 0.15) is 5.82 Å². The van der Waals surface area contributed by atoms with Crippen LogP contribution in [0, 0.1) is 27.1 Å². The number of rotatable bonds is 4. The van der Waals surface area contributed by atoms with Gasteiger partial charge in [-0.2, -0.15) is 12.6 Å². The molecule has 1 aromatic rings. The van der Waals surface area contributed by atoms with Crippen molar-refractivity contribution in [2.45, 2.75) is 69.5 Å². The largest absolute Gasteiger partial charge is 0.206 e. The van der Waals surface area contributed by atoms with Gasteiger partial charge in [0.25, 0.3) is 0 Å². The molecular formula is C20H28FIS. The lowest BCUT2D eigenvalue weighted by Crippen LogP contribution is -2.26. The maximum Gasteiger partial charge on any atom is 0.136 e. The lowest BCUT2D eigenvalue weighted by atomic mass is 9.70. The van der Waals surface area contributed by atoms with Crippen LogP contribution in [-0.4, -0.2) is 5.25 Å². The first-order valence-electron chi connectivity index (χ1n) is 9.24. The molecule has 0 aliphatic heterocycles. The van der Waals surface area contributed by atoms with Gasteiger partial charge < -0.3 is 0 Å². The Morgan fingerprint density at radius 3 is 2.22 bits per heavy atom. The molecule has 2 saturated carbocycles. The van der Waals surface area contributed by atoms with Gasteiger partial charge in [-0.05, 0) is 103 Å². The monoisotopic (exact) mass is 446 g/mol. The van der Waals surface area contributed by atoms with Gasteiger partial charge in [-0.25, -0.2) is 4.39 Å². The number of hydrogen-bond donors (Lipinski definition) is 1. The van der Waals surface area contributed by atoms with Crippen LogP contribution in [0.25, 0.3) is 0 Å². The molecule has 2 aliphatic rings. The van der Waals surface area contributed by atoms with E-state index < -0.39 is 0 Å². The third-order valence-electron chi connectivity index (χ3n) is 6.15. The fraction of sp³-hybridized carbons (Fsp3) is 0.700. The Morgan fingerprint density at radius 1 is 0.957 bits per heavy atom. The molecule has 0 unspecified atom stereocenters. The zero-order chi connectivity index (χ0) is 16.2. The smallest absolute Gasteiger partial charge is 0.136 e. The molecule has 0 nitrogen and oxygen atoms in total. The summed E-state index contributed by atoms with van der Waals surface area (Å²) in [5, 5.41) is 0.663. The Kier molecular flexibility index (Phi) is 6.70. The van der Waals surface area contributed by atoms with Crippen molar-refractivity contribution < 1.29 is 4.39 Å². The van der Waals surface area contributed by atoms with Crippen LogP contribution in [0.3, 0.4) is 0 Å². The van der Waals surface area contributed by atoms with E-state index in [2.05, 4.69) is 41.3 Å². The number of benzene rings is 1. The van der Waals surface area contributed by atoms with Gasteiger partial charge in [0.05, 0.1) is 3.57 Å². The van der Waals surface area contributed by atoms with Crippen molar-refractivity contribution in [3.05, 3.63) is 33.1 Å². The van der Waals surface area contributed by atoms with Crippen LogP contribution in [-0.2, 0) is 6.42 Å². The van der Waals surface area contributed by atoms with E-state index in [0.29, 0.717) is 5.25 Å². The Labute approximate surface area is 159 Å². The van der Waals surface area contributed by atoms with E-state index in [0.717, 1.165) is 27.7 Å². The van der Waals surface area contributed by atoms with Gasteiger partial charge in [0.2, 0.25) is 0 Å². The second-order valence-electron chi connectivity index (χ2n) is 7.60. The molecule has 2 fully saturated rings. The predicted molar refractivity (Wildman–Crippen MR) is 108 cm³/mol. The molecule has 128 valence electrons. The molecule has 0 bridgehead atoms. The van der Waals surface area contributed by atoms with Gasteiger partial charge >= 0.3 is 0 Å². The minimum atomic E-state index is -0.0633. The summed E-state index contributed by atoms with van der Waals surface area (Å²) in [4.78, 5) is 0. The van der Waals surface area contributed by atoms with Crippen molar-refractivity contribution in [2.75, 3.05) is 0 Å². The van der Waals surface area contributed by atoms with E-state index >= 15 is 0 Å². The molecule has 3 rings (SSSR count). The maximum atomic E-state index is 13.6. The molecule has 3 heteroatoms. The summed E-state index contributed by atoms with van der Waals surface area (Å²) in [5.74, 6) is 2.74. The average molecular weight is 446 g/mol. The van der Waals surface area contributed by atoms with Crippen LogP contribution in [0.4, 0.5) is 4.39 Å². The molecular weight excluding hydrogens is 418 g/mol. The van der Waals surface area contributed by atoms with Crippen LogP contribution < -0.4 is 0 Å². The Balaban J connectivity index is 1.43. The second-order valence-corrected chi connectivity index (χ2v) is 9.41. The number of halogens is 2. The van der Waals surface area contributed by atoms with Crippen molar-refractivity contribution in [1.82, 2.24) is 0 Å². The van der Waals surface area contributed by atoms with E-state index in [4.69, 9.17) is 0 Å². The minimum absolute atomic E-state index is 0.0633. The second kappa shape index (κ2) is 8.55. The summed E-state index contributed by atoms with van der Waals surface area (Å²) in [6.45, 7) is 0. The van der Waals surface area contributed by atoms with E-state index in [1.807, 2.05) is 6.07 Å².